The first kappa shape index (κ1) is 20.0. The van der Waals surface area contributed by atoms with Crippen LogP contribution in [0.5, 0.6) is 11.5 Å². The van der Waals surface area contributed by atoms with E-state index < -0.39 is 9.84 Å². The molecule has 0 saturated heterocycles. The van der Waals surface area contributed by atoms with Crippen molar-refractivity contribution < 1.29 is 13.2 Å². The number of aromatic amines is 1. The lowest BCUT2D eigenvalue weighted by atomic mass is 10.1. The third-order valence-electron chi connectivity index (χ3n) is 4.89. The Balaban J connectivity index is 1.64. The van der Waals surface area contributed by atoms with Crippen LogP contribution in [0.4, 0.5) is 0 Å². The third-order valence-corrected chi connectivity index (χ3v) is 7.28. The molecule has 6 nitrogen and oxygen atoms in total. The summed E-state index contributed by atoms with van der Waals surface area (Å²) in [4.78, 5) is 12.2. The summed E-state index contributed by atoms with van der Waals surface area (Å²) in [5.41, 5.74) is 3.30. The van der Waals surface area contributed by atoms with Crippen molar-refractivity contribution in [2.75, 3.05) is 12.8 Å². The summed E-state index contributed by atoms with van der Waals surface area (Å²) >= 11 is 1.83. The number of aliphatic imine (C=N–C) groups is 1. The second-order valence-corrected chi connectivity index (χ2v) is 10.3. The van der Waals surface area contributed by atoms with Crippen LogP contribution >= 0.6 is 11.8 Å². The topological polar surface area (TPSA) is 84.4 Å². The van der Waals surface area contributed by atoms with E-state index in [2.05, 4.69) is 34.9 Å². The van der Waals surface area contributed by atoms with E-state index in [4.69, 9.17) is 4.74 Å². The highest BCUT2D eigenvalue weighted by Crippen LogP contribution is 2.33. The molecule has 0 aliphatic carbocycles. The fourth-order valence-electron chi connectivity index (χ4n) is 3.30. The number of sulfone groups is 1. The van der Waals surface area contributed by atoms with Crippen LogP contribution < -0.4 is 4.74 Å². The lowest BCUT2D eigenvalue weighted by Crippen LogP contribution is -2.00. The number of hydrogen-bond acceptors (Lipinski definition) is 6. The maximum atomic E-state index is 11.6. The van der Waals surface area contributed by atoms with E-state index in [0.717, 1.165) is 52.8 Å². The van der Waals surface area contributed by atoms with Crippen LogP contribution in [0.1, 0.15) is 31.5 Å². The SMILES string of the molecule is CCc1cc(Oc2ccc(S(C)(=O)=O)nc2)cc2cc(C3=NCC(CC)S3)[nH]c12. The minimum Gasteiger partial charge on any atom is -0.456 e. The molecular formula is C21H23N3O3S2. The van der Waals surface area contributed by atoms with Crippen LogP contribution in [-0.2, 0) is 16.3 Å². The van der Waals surface area contributed by atoms with Gasteiger partial charge in [-0.15, -0.1) is 0 Å². The number of aryl methyl sites for hydroxylation is 1. The number of aromatic nitrogens is 2. The lowest BCUT2D eigenvalue weighted by Gasteiger charge is -2.08. The summed E-state index contributed by atoms with van der Waals surface area (Å²) in [6.07, 6.45) is 4.54. The lowest BCUT2D eigenvalue weighted by molar-refractivity contribution is 0.479. The Kier molecular flexibility index (Phi) is 5.40. The summed E-state index contributed by atoms with van der Waals surface area (Å²) < 4.78 is 29.1. The van der Waals surface area contributed by atoms with Gasteiger partial charge in [-0.2, -0.15) is 0 Å². The van der Waals surface area contributed by atoms with Crippen LogP contribution in [0.3, 0.4) is 0 Å². The maximum absolute atomic E-state index is 11.6. The molecular weight excluding hydrogens is 406 g/mol. The molecule has 8 heteroatoms. The summed E-state index contributed by atoms with van der Waals surface area (Å²) in [6, 6.07) is 9.19. The van der Waals surface area contributed by atoms with E-state index in [1.54, 1.807) is 6.07 Å². The Bertz CT molecular complexity index is 1180. The summed E-state index contributed by atoms with van der Waals surface area (Å²) in [6.45, 7) is 5.17. The van der Waals surface area contributed by atoms with E-state index >= 15 is 0 Å². The molecule has 1 aromatic carbocycles. The predicted molar refractivity (Wildman–Crippen MR) is 118 cm³/mol. The average molecular weight is 430 g/mol. The van der Waals surface area contributed by atoms with E-state index in [0.29, 0.717) is 16.7 Å². The summed E-state index contributed by atoms with van der Waals surface area (Å²) in [5, 5.41) is 2.73. The molecule has 2 aromatic heterocycles. The molecule has 3 aromatic rings. The van der Waals surface area contributed by atoms with Gasteiger partial charge in [0.1, 0.15) is 16.5 Å². The Morgan fingerprint density at radius 2 is 2.03 bits per heavy atom. The third kappa shape index (κ3) is 4.18. The van der Waals surface area contributed by atoms with E-state index in [1.165, 1.54) is 12.3 Å². The molecule has 0 saturated carbocycles. The number of nitrogens with zero attached hydrogens (tertiary/aromatic N) is 2. The van der Waals surface area contributed by atoms with Gasteiger partial charge >= 0.3 is 0 Å². The Labute approximate surface area is 174 Å². The Hall–Kier alpha value is -2.32. The highest BCUT2D eigenvalue weighted by Gasteiger charge is 2.21. The van der Waals surface area contributed by atoms with Crippen LogP contribution in [0, 0.1) is 0 Å². The summed E-state index contributed by atoms with van der Waals surface area (Å²) in [5.74, 6) is 1.19. The molecule has 1 atom stereocenters. The van der Waals surface area contributed by atoms with E-state index in [-0.39, 0.29) is 5.03 Å². The Morgan fingerprint density at radius 1 is 1.21 bits per heavy atom. The molecule has 3 heterocycles. The zero-order valence-corrected chi connectivity index (χ0v) is 18.2. The smallest absolute Gasteiger partial charge is 0.192 e. The average Bonchev–Trinajstić information content (AvgIpc) is 3.33. The number of rotatable bonds is 6. The number of nitrogens with one attached hydrogen (secondary N) is 1. The molecule has 0 spiro atoms. The molecule has 1 unspecified atom stereocenters. The molecule has 1 aliphatic heterocycles. The van der Waals surface area contributed by atoms with Gasteiger partial charge < -0.3 is 9.72 Å². The van der Waals surface area contributed by atoms with Crippen molar-refractivity contribution in [3.63, 3.8) is 0 Å². The maximum Gasteiger partial charge on any atom is 0.192 e. The number of fused-ring (bicyclic) bond motifs is 1. The van der Waals surface area contributed by atoms with Gasteiger partial charge in [0, 0.05) is 22.4 Å². The molecule has 152 valence electrons. The van der Waals surface area contributed by atoms with Gasteiger partial charge in [-0.25, -0.2) is 13.4 Å². The standard InChI is InChI=1S/C21H23N3O3S2/c1-4-13-8-16(27-15-6-7-19(22-11-15)29(3,25)26)9-14-10-18(24-20(13)14)21-23-12-17(5-2)28-21/h6-11,17,24H,4-5,12H2,1-3H3. The molecule has 1 N–H and O–H groups in total. The quantitative estimate of drug-likeness (QED) is 0.619. The van der Waals surface area contributed by atoms with E-state index in [9.17, 15) is 8.42 Å². The van der Waals surface area contributed by atoms with Gasteiger partial charge in [0.2, 0.25) is 0 Å². The first-order valence-corrected chi connectivity index (χ1v) is 12.4. The van der Waals surface area contributed by atoms with Gasteiger partial charge in [-0.1, -0.05) is 25.6 Å². The largest absolute Gasteiger partial charge is 0.456 e. The van der Waals surface area contributed by atoms with Gasteiger partial charge in [0.25, 0.3) is 0 Å². The first-order valence-electron chi connectivity index (χ1n) is 9.58. The van der Waals surface area contributed by atoms with Gasteiger partial charge in [0.05, 0.1) is 18.4 Å². The van der Waals surface area contributed by atoms with Crippen LogP contribution in [0.15, 0.2) is 46.5 Å². The highest BCUT2D eigenvalue weighted by atomic mass is 32.2. The van der Waals surface area contributed by atoms with Gasteiger partial charge in [-0.3, -0.25) is 4.99 Å². The monoisotopic (exact) mass is 429 g/mol. The molecule has 4 rings (SSSR count). The molecule has 1 aliphatic rings. The molecule has 29 heavy (non-hydrogen) atoms. The normalized spacial score (nSPS) is 16.9. The number of thioether (sulfide) groups is 1. The number of benzene rings is 1. The number of pyridine rings is 1. The van der Waals surface area contributed by atoms with Crippen molar-refractivity contribution in [2.24, 2.45) is 4.99 Å². The molecule has 0 amide bonds. The highest BCUT2D eigenvalue weighted by molar-refractivity contribution is 8.15. The molecule has 0 fully saturated rings. The molecule has 0 bridgehead atoms. The van der Waals surface area contributed by atoms with Crippen molar-refractivity contribution in [3.8, 4) is 11.5 Å². The zero-order chi connectivity index (χ0) is 20.6. The fourth-order valence-corrected chi connectivity index (χ4v) is 4.88. The number of H-pyrrole nitrogens is 1. The fraction of sp³-hybridized carbons (Fsp3) is 0.333. The van der Waals surface area contributed by atoms with Gasteiger partial charge in [-0.05, 0) is 48.7 Å². The zero-order valence-electron chi connectivity index (χ0n) is 16.6. The predicted octanol–water partition coefficient (Wildman–Crippen LogP) is 4.59. The second kappa shape index (κ2) is 7.84. The summed E-state index contributed by atoms with van der Waals surface area (Å²) in [7, 11) is -3.33. The van der Waals surface area contributed by atoms with Gasteiger partial charge in [0.15, 0.2) is 14.9 Å². The second-order valence-electron chi connectivity index (χ2n) is 7.08. The van der Waals surface area contributed by atoms with Crippen molar-refractivity contribution >= 4 is 37.5 Å². The van der Waals surface area contributed by atoms with Crippen molar-refractivity contribution in [1.29, 1.82) is 0 Å². The van der Waals surface area contributed by atoms with E-state index in [1.807, 2.05) is 23.9 Å². The number of ether oxygens (including phenoxy) is 1. The van der Waals surface area contributed by atoms with Crippen molar-refractivity contribution in [1.82, 2.24) is 9.97 Å². The van der Waals surface area contributed by atoms with Crippen molar-refractivity contribution in [2.45, 2.75) is 37.0 Å². The van der Waals surface area contributed by atoms with Crippen LogP contribution in [0.2, 0.25) is 0 Å². The first-order chi connectivity index (χ1) is 13.9. The Morgan fingerprint density at radius 3 is 2.66 bits per heavy atom. The van der Waals surface area contributed by atoms with Crippen LogP contribution in [-0.4, -0.2) is 41.5 Å². The number of hydrogen-bond donors (Lipinski definition) is 1. The minimum atomic E-state index is -3.33. The minimum absolute atomic E-state index is 0.0325. The van der Waals surface area contributed by atoms with Crippen molar-refractivity contribution in [3.05, 3.63) is 47.8 Å². The van der Waals surface area contributed by atoms with Crippen LogP contribution in [0.25, 0.3) is 10.9 Å². The molecule has 0 radical (unpaired) electrons.